The quantitative estimate of drug-likeness (QED) is 0.178. The van der Waals surface area contributed by atoms with E-state index < -0.39 is 0 Å². The first-order valence-corrected chi connectivity index (χ1v) is 11.9. The van der Waals surface area contributed by atoms with Crippen LogP contribution >= 0.6 is 11.9 Å². The van der Waals surface area contributed by atoms with E-state index in [1.165, 1.54) is 10.5 Å². The molecule has 0 aliphatic carbocycles. The Kier molecular flexibility index (Phi) is 13.8. The molecule has 9 nitrogen and oxygen atoms in total. The van der Waals surface area contributed by atoms with Gasteiger partial charge in [-0.05, 0) is 49.9 Å². The molecule has 1 aromatic heterocycles. The molecule has 1 amide bonds. The summed E-state index contributed by atoms with van der Waals surface area (Å²) < 4.78 is 30.4. The first-order chi connectivity index (χ1) is 16.1. The summed E-state index contributed by atoms with van der Waals surface area (Å²) in [5, 5.41) is 6.57. The summed E-state index contributed by atoms with van der Waals surface area (Å²) in [6, 6.07) is 6.38. The molecule has 0 saturated heterocycles. The predicted molar refractivity (Wildman–Crippen MR) is 127 cm³/mol. The minimum absolute atomic E-state index is 0.484. The predicted octanol–water partition coefficient (Wildman–Crippen LogP) is 2.68. The molecule has 0 saturated carbocycles. The van der Waals surface area contributed by atoms with Crippen LogP contribution in [0.1, 0.15) is 17.0 Å². The zero-order valence-electron chi connectivity index (χ0n) is 19.7. The second-order valence-corrected chi connectivity index (χ2v) is 8.13. The lowest BCUT2D eigenvalue weighted by atomic mass is 10.0. The summed E-state index contributed by atoms with van der Waals surface area (Å²) in [6.45, 7) is 11.4. The van der Waals surface area contributed by atoms with Crippen molar-refractivity contribution in [3.63, 3.8) is 0 Å². The normalized spacial score (nSPS) is 11.1. The van der Waals surface area contributed by atoms with Gasteiger partial charge in [0.15, 0.2) is 0 Å². The van der Waals surface area contributed by atoms with Crippen molar-refractivity contribution in [2.75, 3.05) is 65.9 Å². The molecular formula is C23H35N3O6S. The van der Waals surface area contributed by atoms with E-state index >= 15 is 0 Å². The highest BCUT2D eigenvalue weighted by Gasteiger charge is 2.12. The van der Waals surface area contributed by atoms with Gasteiger partial charge in [0.25, 0.3) is 0 Å². The summed E-state index contributed by atoms with van der Waals surface area (Å²) in [6.07, 6.45) is 0.653. The van der Waals surface area contributed by atoms with E-state index in [1.54, 1.807) is 11.9 Å². The fourth-order valence-corrected chi connectivity index (χ4v) is 3.71. The number of amides is 1. The third-order valence-corrected chi connectivity index (χ3v) is 5.64. The summed E-state index contributed by atoms with van der Waals surface area (Å²) in [4.78, 5) is 11.2. The van der Waals surface area contributed by atoms with Crippen LogP contribution in [0.25, 0.3) is 11.1 Å². The van der Waals surface area contributed by atoms with Gasteiger partial charge in [-0.1, -0.05) is 17.3 Å². The summed E-state index contributed by atoms with van der Waals surface area (Å²) in [7, 11) is 0. The van der Waals surface area contributed by atoms with E-state index in [1.807, 2.05) is 13.8 Å². The fraction of sp³-hybridized carbons (Fsp3) is 0.565. The lowest BCUT2D eigenvalue weighted by Gasteiger charge is -2.10. The maximum atomic E-state index is 10.1. The number of carbonyl (C=O) groups excluding carboxylic acids is 1. The average Bonchev–Trinajstić information content (AvgIpc) is 3.15. The molecule has 0 fully saturated rings. The van der Waals surface area contributed by atoms with Crippen LogP contribution in [0.5, 0.6) is 0 Å². The number of hydrogen-bond donors (Lipinski definition) is 2. The Labute approximate surface area is 200 Å². The zero-order chi connectivity index (χ0) is 23.7. The molecular weight excluding hydrogens is 446 g/mol. The van der Waals surface area contributed by atoms with Gasteiger partial charge in [0, 0.05) is 23.5 Å². The van der Waals surface area contributed by atoms with E-state index in [4.69, 9.17) is 23.5 Å². The molecule has 184 valence electrons. The van der Waals surface area contributed by atoms with Crippen molar-refractivity contribution in [3.05, 3.63) is 35.2 Å². The van der Waals surface area contributed by atoms with Crippen LogP contribution in [0.3, 0.4) is 0 Å². The number of aryl methyl sites for hydroxylation is 3. The van der Waals surface area contributed by atoms with Gasteiger partial charge in [-0.15, -0.1) is 0 Å². The summed E-state index contributed by atoms with van der Waals surface area (Å²) >= 11 is 1.60. The molecule has 1 heterocycles. The van der Waals surface area contributed by atoms with Crippen molar-refractivity contribution in [3.8, 4) is 11.1 Å². The second kappa shape index (κ2) is 16.6. The van der Waals surface area contributed by atoms with Crippen LogP contribution in [-0.4, -0.2) is 77.5 Å². The SMILES string of the molecule is Cc1ccc(-c2c(C)noc2C)cc1SNCCOCCOCCOCCOCCNC=O. The Hall–Kier alpha value is -1.95. The van der Waals surface area contributed by atoms with Gasteiger partial charge < -0.3 is 28.8 Å². The summed E-state index contributed by atoms with van der Waals surface area (Å²) in [5.41, 5.74) is 4.28. The average molecular weight is 482 g/mol. The Morgan fingerprint density at radius 2 is 1.52 bits per heavy atom. The van der Waals surface area contributed by atoms with Crippen molar-refractivity contribution in [2.24, 2.45) is 0 Å². The molecule has 2 rings (SSSR count). The van der Waals surface area contributed by atoms with Gasteiger partial charge in [0.2, 0.25) is 6.41 Å². The molecule has 0 radical (unpaired) electrons. The van der Waals surface area contributed by atoms with Gasteiger partial charge in [-0.3, -0.25) is 9.52 Å². The third-order valence-electron chi connectivity index (χ3n) is 4.63. The molecule has 0 aliphatic heterocycles. The summed E-state index contributed by atoms with van der Waals surface area (Å²) in [5.74, 6) is 0.830. The molecule has 0 spiro atoms. The van der Waals surface area contributed by atoms with Crippen LogP contribution in [0.2, 0.25) is 0 Å². The van der Waals surface area contributed by atoms with Gasteiger partial charge in [-0.25, -0.2) is 0 Å². The lowest BCUT2D eigenvalue weighted by Crippen LogP contribution is -2.19. The van der Waals surface area contributed by atoms with E-state index in [9.17, 15) is 4.79 Å². The Morgan fingerprint density at radius 3 is 2.09 bits per heavy atom. The van der Waals surface area contributed by atoms with Crippen molar-refractivity contribution in [1.82, 2.24) is 15.2 Å². The molecule has 0 aliphatic rings. The Morgan fingerprint density at radius 1 is 0.909 bits per heavy atom. The Bertz CT molecular complexity index is 798. The number of carbonyl (C=O) groups is 1. The van der Waals surface area contributed by atoms with Gasteiger partial charge in [0.1, 0.15) is 5.76 Å². The number of aromatic nitrogens is 1. The van der Waals surface area contributed by atoms with E-state index in [0.717, 1.165) is 29.1 Å². The molecule has 0 atom stereocenters. The topological polar surface area (TPSA) is 104 Å². The number of nitrogens with zero attached hydrogens (tertiary/aromatic N) is 1. The van der Waals surface area contributed by atoms with E-state index in [2.05, 4.69) is 40.3 Å². The maximum absolute atomic E-state index is 10.1. The molecule has 0 unspecified atom stereocenters. The number of benzene rings is 1. The minimum Gasteiger partial charge on any atom is -0.378 e. The van der Waals surface area contributed by atoms with Crippen LogP contribution in [0.15, 0.2) is 27.6 Å². The smallest absolute Gasteiger partial charge is 0.207 e. The molecule has 10 heteroatoms. The van der Waals surface area contributed by atoms with Crippen LogP contribution < -0.4 is 10.0 Å². The fourth-order valence-electron chi connectivity index (χ4n) is 2.96. The highest BCUT2D eigenvalue weighted by molar-refractivity contribution is 7.97. The Balaban J connectivity index is 1.47. The molecule has 1 aromatic carbocycles. The highest BCUT2D eigenvalue weighted by atomic mass is 32.2. The van der Waals surface area contributed by atoms with Crippen LogP contribution in [0, 0.1) is 20.8 Å². The lowest BCUT2D eigenvalue weighted by molar-refractivity contribution is -0.109. The third kappa shape index (κ3) is 10.7. The van der Waals surface area contributed by atoms with Crippen molar-refractivity contribution in [2.45, 2.75) is 25.7 Å². The van der Waals surface area contributed by atoms with Crippen LogP contribution in [-0.2, 0) is 23.7 Å². The largest absolute Gasteiger partial charge is 0.378 e. The van der Waals surface area contributed by atoms with Crippen LogP contribution in [0.4, 0.5) is 0 Å². The van der Waals surface area contributed by atoms with Gasteiger partial charge in [0.05, 0.1) is 58.5 Å². The van der Waals surface area contributed by atoms with E-state index in [-0.39, 0.29) is 0 Å². The second-order valence-electron chi connectivity index (χ2n) is 7.20. The monoisotopic (exact) mass is 481 g/mol. The highest BCUT2D eigenvalue weighted by Crippen LogP contribution is 2.31. The van der Waals surface area contributed by atoms with Crippen molar-refractivity contribution in [1.29, 1.82) is 0 Å². The first-order valence-electron chi connectivity index (χ1n) is 11.0. The molecule has 2 aromatic rings. The van der Waals surface area contributed by atoms with E-state index in [0.29, 0.717) is 65.8 Å². The van der Waals surface area contributed by atoms with Gasteiger partial charge >= 0.3 is 0 Å². The van der Waals surface area contributed by atoms with Gasteiger partial charge in [-0.2, -0.15) is 0 Å². The molecule has 0 bridgehead atoms. The first kappa shape index (κ1) is 27.3. The maximum Gasteiger partial charge on any atom is 0.207 e. The number of hydrogen-bond acceptors (Lipinski definition) is 9. The standard InChI is InChI=1S/C23H35N3O6S/c1-18-4-5-21(23-19(2)26-32-20(23)3)16-22(18)33-25-7-9-29-11-13-31-15-14-30-12-10-28-8-6-24-17-27/h4-5,16-17,25H,6-15H2,1-3H3,(H,24,27). The number of rotatable bonds is 19. The van der Waals surface area contributed by atoms with Crippen molar-refractivity contribution >= 4 is 18.4 Å². The number of nitrogens with one attached hydrogen (secondary N) is 2. The number of ether oxygens (including phenoxy) is 4. The molecule has 33 heavy (non-hydrogen) atoms. The zero-order valence-corrected chi connectivity index (χ0v) is 20.5. The van der Waals surface area contributed by atoms with Crippen molar-refractivity contribution < 1.29 is 28.3 Å². The molecule has 2 N–H and O–H groups in total. The minimum atomic E-state index is 0.484.